The molecule has 2 aromatic carbocycles. The van der Waals surface area contributed by atoms with Gasteiger partial charge in [0.15, 0.2) is 15.5 Å². The molecule has 0 spiro atoms. The fourth-order valence-electron chi connectivity index (χ4n) is 4.05. The minimum Gasteiger partial charge on any atom is -0.329 e. The number of nitrogens with zero attached hydrogens (tertiary/aromatic N) is 3. The van der Waals surface area contributed by atoms with Crippen LogP contribution in [0.15, 0.2) is 64.4 Å². The summed E-state index contributed by atoms with van der Waals surface area (Å²) in [4.78, 5) is 23.1. The van der Waals surface area contributed by atoms with Gasteiger partial charge in [-0.15, -0.1) is 0 Å². The van der Waals surface area contributed by atoms with Gasteiger partial charge in [-0.3, -0.25) is 4.79 Å². The first kappa shape index (κ1) is 26.7. The van der Waals surface area contributed by atoms with Gasteiger partial charge in [-0.05, 0) is 42.2 Å². The molecular formula is C24H23BrClN3O5S2. The average molecular weight is 613 g/mol. The summed E-state index contributed by atoms with van der Waals surface area (Å²) in [5, 5.41) is -0.630. The number of hydrogen-bond acceptors (Lipinski definition) is 7. The largest absolute Gasteiger partial charge is 0.329 e. The first-order chi connectivity index (χ1) is 16.9. The van der Waals surface area contributed by atoms with Crippen LogP contribution < -0.4 is 0 Å². The highest BCUT2D eigenvalue weighted by molar-refractivity contribution is 9.10. The van der Waals surface area contributed by atoms with E-state index >= 15 is 0 Å². The summed E-state index contributed by atoms with van der Waals surface area (Å²) in [5.74, 6) is -1.21. The molecular weight excluding hydrogens is 590 g/mol. The number of halogens is 2. The number of carbonyl (C=O) groups is 1. The lowest BCUT2D eigenvalue weighted by molar-refractivity contribution is 0.0674. The van der Waals surface area contributed by atoms with E-state index in [0.29, 0.717) is 5.56 Å². The lowest BCUT2D eigenvalue weighted by Gasteiger charge is -2.28. The van der Waals surface area contributed by atoms with E-state index in [-0.39, 0.29) is 40.9 Å². The Hall–Kier alpha value is -2.34. The number of benzene rings is 2. The Bertz CT molecular complexity index is 1530. The number of rotatable bonds is 7. The molecule has 0 aliphatic carbocycles. The van der Waals surface area contributed by atoms with Crippen LogP contribution in [-0.2, 0) is 32.0 Å². The van der Waals surface area contributed by atoms with Crippen LogP contribution in [0.1, 0.15) is 33.6 Å². The first-order valence-electron chi connectivity index (χ1n) is 11.0. The summed E-state index contributed by atoms with van der Waals surface area (Å²) in [5.41, 5.74) is 1.87. The molecule has 1 aliphatic heterocycles. The quantitative estimate of drug-likeness (QED) is 0.371. The number of sulfone groups is 2. The second kappa shape index (κ2) is 10.6. The minimum atomic E-state index is -3.99. The van der Waals surface area contributed by atoms with E-state index in [9.17, 15) is 21.6 Å². The third-order valence-corrected chi connectivity index (χ3v) is 9.93. The van der Waals surface area contributed by atoms with Gasteiger partial charge in [-0.2, -0.15) is 0 Å². The van der Waals surface area contributed by atoms with E-state index in [1.165, 1.54) is 4.90 Å². The maximum Gasteiger partial charge on any atom is 0.274 e. The predicted octanol–water partition coefficient (Wildman–Crippen LogP) is 4.00. The van der Waals surface area contributed by atoms with Crippen molar-refractivity contribution in [2.75, 3.05) is 11.5 Å². The van der Waals surface area contributed by atoms with Gasteiger partial charge in [0.2, 0.25) is 15.0 Å². The third-order valence-electron chi connectivity index (χ3n) is 5.96. The smallest absolute Gasteiger partial charge is 0.274 e. The predicted molar refractivity (Wildman–Crippen MR) is 140 cm³/mol. The van der Waals surface area contributed by atoms with Crippen molar-refractivity contribution in [2.45, 2.75) is 36.8 Å². The molecule has 12 heteroatoms. The molecule has 36 heavy (non-hydrogen) atoms. The number of carbonyl (C=O) groups excluding carboxylic acids is 1. The summed E-state index contributed by atoms with van der Waals surface area (Å²) in [6.45, 7) is 1.90. The number of aromatic nitrogens is 2. The van der Waals surface area contributed by atoms with Gasteiger partial charge < -0.3 is 4.90 Å². The second-order valence-corrected chi connectivity index (χ2v) is 14.1. The zero-order chi connectivity index (χ0) is 26.1. The molecule has 1 aromatic heterocycles. The molecule has 2 heterocycles. The lowest BCUT2D eigenvalue weighted by atomic mass is 10.1. The van der Waals surface area contributed by atoms with Crippen molar-refractivity contribution in [3.8, 4) is 0 Å². The zero-order valence-electron chi connectivity index (χ0n) is 19.3. The molecule has 1 saturated heterocycles. The highest BCUT2D eigenvalue weighted by atomic mass is 79.9. The molecule has 1 fully saturated rings. The van der Waals surface area contributed by atoms with Crippen LogP contribution in [0.25, 0.3) is 0 Å². The van der Waals surface area contributed by atoms with Crippen LogP contribution in [0.5, 0.6) is 0 Å². The van der Waals surface area contributed by atoms with Crippen molar-refractivity contribution in [1.29, 1.82) is 0 Å². The summed E-state index contributed by atoms with van der Waals surface area (Å²) < 4.78 is 51.4. The van der Waals surface area contributed by atoms with Crippen molar-refractivity contribution >= 4 is 53.1 Å². The monoisotopic (exact) mass is 611 g/mol. The van der Waals surface area contributed by atoms with Crippen molar-refractivity contribution in [2.24, 2.45) is 0 Å². The Morgan fingerprint density at radius 3 is 2.61 bits per heavy atom. The van der Waals surface area contributed by atoms with E-state index in [4.69, 9.17) is 11.6 Å². The SMILES string of the molecule is Cc1ccccc1CS(=O)(=O)c1ncc(Cl)c(C(=O)N(Cc2cccc(Br)c2)C2CCS(=O)(=O)C2)n1. The van der Waals surface area contributed by atoms with Gasteiger partial charge in [0.1, 0.15) is 0 Å². The molecule has 0 saturated carbocycles. The molecule has 8 nitrogen and oxygen atoms in total. The Balaban J connectivity index is 1.70. The van der Waals surface area contributed by atoms with E-state index < -0.39 is 36.8 Å². The van der Waals surface area contributed by atoms with Crippen LogP contribution >= 0.6 is 27.5 Å². The van der Waals surface area contributed by atoms with Gasteiger partial charge in [-0.25, -0.2) is 26.8 Å². The Kier molecular flexibility index (Phi) is 7.84. The fourth-order valence-corrected chi connectivity index (χ4v) is 7.70. The third kappa shape index (κ3) is 6.13. The van der Waals surface area contributed by atoms with Crippen molar-refractivity contribution < 1.29 is 21.6 Å². The highest BCUT2D eigenvalue weighted by Gasteiger charge is 2.36. The molecule has 4 rings (SSSR count). The van der Waals surface area contributed by atoms with Gasteiger partial charge >= 0.3 is 0 Å². The molecule has 0 radical (unpaired) electrons. The highest BCUT2D eigenvalue weighted by Crippen LogP contribution is 2.26. The Labute approximate surface area is 223 Å². The molecule has 0 N–H and O–H groups in total. The first-order valence-corrected chi connectivity index (χ1v) is 15.7. The number of hydrogen-bond donors (Lipinski definition) is 0. The maximum atomic E-state index is 13.7. The molecule has 3 aromatic rings. The summed E-state index contributed by atoms with van der Waals surface area (Å²) in [7, 11) is -7.29. The van der Waals surface area contributed by atoms with Crippen LogP contribution in [0.4, 0.5) is 0 Å². The van der Waals surface area contributed by atoms with E-state index in [1.807, 2.05) is 24.3 Å². The molecule has 190 valence electrons. The molecule has 1 atom stereocenters. The second-order valence-electron chi connectivity index (χ2n) is 8.65. The number of amides is 1. The minimum absolute atomic E-state index is 0.0342. The summed E-state index contributed by atoms with van der Waals surface area (Å²) >= 11 is 9.67. The topological polar surface area (TPSA) is 114 Å². The van der Waals surface area contributed by atoms with Crippen LogP contribution in [0.2, 0.25) is 5.02 Å². The zero-order valence-corrected chi connectivity index (χ0v) is 23.2. The molecule has 1 amide bonds. The average Bonchev–Trinajstić information content (AvgIpc) is 3.18. The fraction of sp³-hybridized carbons (Fsp3) is 0.292. The van der Waals surface area contributed by atoms with Gasteiger partial charge in [0.25, 0.3) is 5.91 Å². The van der Waals surface area contributed by atoms with Gasteiger partial charge in [-0.1, -0.05) is 63.9 Å². The molecule has 1 unspecified atom stereocenters. The van der Waals surface area contributed by atoms with Crippen LogP contribution in [0.3, 0.4) is 0 Å². The normalized spacial score (nSPS) is 17.1. The van der Waals surface area contributed by atoms with Crippen LogP contribution in [0, 0.1) is 6.92 Å². The Morgan fingerprint density at radius 1 is 1.19 bits per heavy atom. The summed E-state index contributed by atoms with van der Waals surface area (Å²) in [6, 6.07) is 13.7. The molecule has 0 bridgehead atoms. The van der Waals surface area contributed by atoms with E-state index in [2.05, 4.69) is 25.9 Å². The maximum absolute atomic E-state index is 13.7. The van der Waals surface area contributed by atoms with Gasteiger partial charge in [0, 0.05) is 17.1 Å². The van der Waals surface area contributed by atoms with Crippen LogP contribution in [-0.4, -0.2) is 55.2 Å². The summed E-state index contributed by atoms with van der Waals surface area (Å²) in [6.07, 6.45) is 1.36. The van der Waals surface area contributed by atoms with Crippen molar-refractivity contribution in [3.05, 3.63) is 86.6 Å². The molecule has 1 aliphatic rings. The Morgan fingerprint density at radius 2 is 1.94 bits per heavy atom. The van der Waals surface area contributed by atoms with Crippen molar-refractivity contribution in [3.63, 3.8) is 0 Å². The lowest BCUT2D eigenvalue weighted by Crippen LogP contribution is -2.41. The van der Waals surface area contributed by atoms with Crippen molar-refractivity contribution in [1.82, 2.24) is 14.9 Å². The van der Waals surface area contributed by atoms with E-state index in [1.54, 1.807) is 31.2 Å². The standard InChI is InChI=1S/C24H23BrClN3O5S2/c1-16-5-2-3-7-18(16)14-36(33,34)24-27-12-21(26)22(28-24)23(30)29(20-9-10-35(31,32)15-20)13-17-6-4-8-19(25)11-17/h2-8,11-12,20H,9-10,13-15H2,1H3. The van der Waals surface area contributed by atoms with E-state index in [0.717, 1.165) is 21.8 Å². The van der Waals surface area contributed by atoms with Gasteiger partial charge in [0.05, 0.1) is 28.5 Å². The number of aryl methyl sites for hydroxylation is 1.